The van der Waals surface area contributed by atoms with E-state index in [9.17, 15) is 4.39 Å². The van der Waals surface area contributed by atoms with Crippen LogP contribution in [0.15, 0.2) is 30.5 Å². The molecule has 0 aliphatic rings. The molecule has 0 saturated carbocycles. The highest BCUT2D eigenvalue weighted by atomic mass is 19.1. The third kappa shape index (κ3) is 2.42. The van der Waals surface area contributed by atoms with Crippen molar-refractivity contribution >= 4 is 10.9 Å². The molecule has 0 spiro atoms. The summed E-state index contributed by atoms with van der Waals surface area (Å²) in [7, 11) is 1.97. The highest BCUT2D eigenvalue weighted by Gasteiger charge is 2.01. The second-order valence-electron chi connectivity index (χ2n) is 4.02. The van der Waals surface area contributed by atoms with E-state index in [0.29, 0.717) is 0 Å². The smallest absolute Gasteiger partial charge is 0.123 e. The normalized spacial score (nSPS) is 11.1. The van der Waals surface area contributed by atoms with E-state index in [1.807, 2.05) is 25.4 Å². The number of nitrogens with one attached hydrogen (secondary N) is 1. The van der Waals surface area contributed by atoms with Gasteiger partial charge in [-0.1, -0.05) is 0 Å². The topological polar surface area (TPSA) is 17.0 Å². The Kier molecular flexibility index (Phi) is 3.57. The third-order valence-corrected chi connectivity index (χ3v) is 2.81. The van der Waals surface area contributed by atoms with Gasteiger partial charge in [0.15, 0.2) is 0 Å². The first-order valence-corrected chi connectivity index (χ1v) is 5.70. The van der Waals surface area contributed by atoms with E-state index in [0.717, 1.165) is 36.8 Å². The summed E-state index contributed by atoms with van der Waals surface area (Å²) in [5, 5.41) is 4.11. The van der Waals surface area contributed by atoms with E-state index >= 15 is 0 Å². The standard InChI is InChI=1S/C13H17FN2/c1-15-7-2-3-8-16-9-6-11-10-12(14)4-5-13(11)16/h4-6,9-10,15H,2-3,7-8H2,1H3. The number of fused-ring (bicyclic) bond motifs is 1. The van der Waals surface area contributed by atoms with Gasteiger partial charge in [0.2, 0.25) is 0 Å². The van der Waals surface area contributed by atoms with Crippen molar-refractivity contribution in [3.05, 3.63) is 36.3 Å². The third-order valence-electron chi connectivity index (χ3n) is 2.81. The molecular formula is C13H17FN2. The first-order valence-electron chi connectivity index (χ1n) is 5.70. The minimum Gasteiger partial charge on any atom is -0.347 e. The molecule has 0 aliphatic heterocycles. The molecule has 1 aromatic heterocycles. The summed E-state index contributed by atoms with van der Waals surface area (Å²) in [5.74, 6) is -0.166. The highest BCUT2D eigenvalue weighted by Crippen LogP contribution is 2.17. The Hall–Kier alpha value is -1.35. The van der Waals surface area contributed by atoms with Crippen LogP contribution in [0.3, 0.4) is 0 Å². The Bertz CT molecular complexity index is 462. The van der Waals surface area contributed by atoms with Gasteiger partial charge in [0.25, 0.3) is 0 Å². The number of benzene rings is 1. The Labute approximate surface area is 95.1 Å². The van der Waals surface area contributed by atoms with Crippen LogP contribution in [0, 0.1) is 5.82 Å². The minimum atomic E-state index is -0.166. The predicted molar refractivity (Wildman–Crippen MR) is 65.1 cm³/mol. The maximum Gasteiger partial charge on any atom is 0.123 e. The first kappa shape index (κ1) is 11.1. The lowest BCUT2D eigenvalue weighted by Crippen LogP contribution is -2.08. The van der Waals surface area contributed by atoms with Gasteiger partial charge in [-0.05, 0) is 50.7 Å². The van der Waals surface area contributed by atoms with Crippen LogP contribution in [0.25, 0.3) is 10.9 Å². The van der Waals surface area contributed by atoms with Gasteiger partial charge in [-0.2, -0.15) is 0 Å². The molecule has 3 heteroatoms. The molecule has 1 aromatic carbocycles. The van der Waals surface area contributed by atoms with Crippen LogP contribution in [0.5, 0.6) is 0 Å². The van der Waals surface area contributed by atoms with Crippen LogP contribution in [0.2, 0.25) is 0 Å². The van der Waals surface area contributed by atoms with Crippen molar-refractivity contribution in [3.63, 3.8) is 0 Å². The van der Waals surface area contributed by atoms with Crippen LogP contribution in [0.4, 0.5) is 4.39 Å². The summed E-state index contributed by atoms with van der Waals surface area (Å²) in [6, 6.07) is 6.92. The number of nitrogens with zero attached hydrogens (tertiary/aromatic N) is 1. The number of aryl methyl sites for hydroxylation is 1. The lowest BCUT2D eigenvalue weighted by atomic mass is 10.2. The molecule has 0 radical (unpaired) electrons. The van der Waals surface area contributed by atoms with Crippen LogP contribution < -0.4 is 5.32 Å². The number of unbranched alkanes of at least 4 members (excludes halogenated alkanes) is 1. The lowest BCUT2D eigenvalue weighted by molar-refractivity contribution is 0.602. The Morgan fingerprint density at radius 1 is 1.25 bits per heavy atom. The van der Waals surface area contributed by atoms with E-state index in [-0.39, 0.29) is 5.82 Å². The van der Waals surface area contributed by atoms with Crippen molar-refractivity contribution in [1.82, 2.24) is 9.88 Å². The first-order chi connectivity index (χ1) is 7.81. The molecule has 0 fully saturated rings. The Balaban J connectivity index is 2.07. The van der Waals surface area contributed by atoms with Gasteiger partial charge in [-0.15, -0.1) is 0 Å². The molecule has 2 rings (SSSR count). The lowest BCUT2D eigenvalue weighted by Gasteiger charge is -2.05. The van der Waals surface area contributed by atoms with Gasteiger partial charge < -0.3 is 9.88 Å². The second-order valence-corrected chi connectivity index (χ2v) is 4.02. The quantitative estimate of drug-likeness (QED) is 0.767. The van der Waals surface area contributed by atoms with Crippen LogP contribution >= 0.6 is 0 Å². The van der Waals surface area contributed by atoms with Crippen molar-refractivity contribution in [3.8, 4) is 0 Å². The summed E-state index contributed by atoms with van der Waals surface area (Å²) < 4.78 is 15.2. The number of halogens is 1. The van der Waals surface area contributed by atoms with Crippen LogP contribution in [-0.4, -0.2) is 18.2 Å². The molecule has 0 aliphatic carbocycles. The number of rotatable bonds is 5. The van der Waals surface area contributed by atoms with Gasteiger partial charge >= 0.3 is 0 Å². The monoisotopic (exact) mass is 220 g/mol. The number of aromatic nitrogens is 1. The van der Waals surface area contributed by atoms with Crippen molar-refractivity contribution in [1.29, 1.82) is 0 Å². The summed E-state index contributed by atoms with van der Waals surface area (Å²) in [6.07, 6.45) is 4.34. The second kappa shape index (κ2) is 5.12. The molecular weight excluding hydrogens is 203 g/mol. The molecule has 16 heavy (non-hydrogen) atoms. The number of hydrogen-bond donors (Lipinski definition) is 1. The fourth-order valence-electron chi connectivity index (χ4n) is 1.95. The summed E-state index contributed by atoms with van der Waals surface area (Å²) in [4.78, 5) is 0. The average Bonchev–Trinajstić information content (AvgIpc) is 2.67. The summed E-state index contributed by atoms with van der Waals surface area (Å²) >= 11 is 0. The van der Waals surface area contributed by atoms with E-state index in [2.05, 4.69) is 9.88 Å². The van der Waals surface area contributed by atoms with Gasteiger partial charge in [-0.25, -0.2) is 4.39 Å². The van der Waals surface area contributed by atoms with Gasteiger partial charge in [0.1, 0.15) is 5.82 Å². The van der Waals surface area contributed by atoms with E-state index < -0.39 is 0 Å². The fourth-order valence-corrected chi connectivity index (χ4v) is 1.95. The van der Waals surface area contributed by atoms with Crippen molar-refractivity contribution < 1.29 is 4.39 Å². The average molecular weight is 220 g/mol. The van der Waals surface area contributed by atoms with Gasteiger partial charge in [-0.3, -0.25) is 0 Å². The molecule has 0 bridgehead atoms. The summed E-state index contributed by atoms with van der Waals surface area (Å²) in [6.45, 7) is 2.05. The number of hydrogen-bond acceptors (Lipinski definition) is 1. The van der Waals surface area contributed by atoms with E-state index in [4.69, 9.17) is 0 Å². The maximum atomic E-state index is 13.0. The largest absolute Gasteiger partial charge is 0.347 e. The summed E-state index contributed by atoms with van der Waals surface area (Å²) in [5.41, 5.74) is 1.12. The van der Waals surface area contributed by atoms with Gasteiger partial charge in [0.05, 0.1) is 0 Å². The fraction of sp³-hybridized carbons (Fsp3) is 0.385. The molecule has 0 unspecified atom stereocenters. The predicted octanol–water partition coefficient (Wildman–Crippen LogP) is 2.78. The molecule has 0 saturated heterocycles. The molecule has 1 N–H and O–H groups in total. The zero-order chi connectivity index (χ0) is 11.4. The molecule has 2 aromatic rings. The van der Waals surface area contributed by atoms with Crippen molar-refractivity contribution in [2.75, 3.05) is 13.6 Å². The Morgan fingerprint density at radius 2 is 2.12 bits per heavy atom. The zero-order valence-electron chi connectivity index (χ0n) is 9.54. The molecule has 0 atom stereocenters. The van der Waals surface area contributed by atoms with E-state index in [1.165, 1.54) is 6.07 Å². The van der Waals surface area contributed by atoms with Gasteiger partial charge in [0, 0.05) is 23.6 Å². The zero-order valence-corrected chi connectivity index (χ0v) is 9.54. The van der Waals surface area contributed by atoms with E-state index in [1.54, 1.807) is 6.07 Å². The molecule has 2 nitrogen and oxygen atoms in total. The minimum absolute atomic E-state index is 0.166. The molecule has 1 heterocycles. The van der Waals surface area contributed by atoms with Crippen LogP contribution in [-0.2, 0) is 6.54 Å². The van der Waals surface area contributed by atoms with Crippen molar-refractivity contribution in [2.45, 2.75) is 19.4 Å². The highest BCUT2D eigenvalue weighted by molar-refractivity contribution is 5.80. The van der Waals surface area contributed by atoms with Crippen molar-refractivity contribution in [2.24, 2.45) is 0 Å². The van der Waals surface area contributed by atoms with Crippen LogP contribution in [0.1, 0.15) is 12.8 Å². The molecule has 86 valence electrons. The SMILES string of the molecule is CNCCCCn1ccc2cc(F)ccc21. The maximum absolute atomic E-state index is 13.0. The molecule has 0 amide bonds. The Morgan fingerprint density at radius 3 is 2.94 bits per heavy atom.